The van der Waals surface area contributed by atoms with Crippen molar-refractivity contribution in [1.82, 2.24) is 15.5 Å². The molecule has 6 nitrogen and oxygen atoms in total. The Labute approximate surface area is 169 Å². The van der Waals surface area contributed by atoms with Gasteiger partial charge in [-0.3, -0.25) is 9.89 Å². The molecule has 1 aromatic heterocycles. The maximum absolute atomic E-state index is 10.0. The van der Waals surface area contributed by atoms with Gasteiger partial charge in [-0.2, -0.15) is 0 Å². The zero-order chi connectivity index (χ0) is 17.9. The fourth-order valence-electron chi connectivity index (χ4n) is 2.67. The number of hydrogen-bond acceptors (Lipinski definition) is 4. The Morgan fingerprint density at radius 2 is 1.92 bits per heavy atom. The fraction of sp³-hybridized carbons (Fsp3) is 0.722. The minimum Gasteiger partial charge on any atom is -0.467 e. The van der Waals surface area contributed by atoms with Crippen molar-refractivity contribution in [1.29, 1.82) is 0 Å². The lowest BCUT2D eigenvalue weighted by atomic mass is 10.2. The summed E-state index contributed by atoms with van der Waals surface area (Å²) in [4.78, 5) is 6.91. The summed E-state index contributed by atoms with van der Waals surface area (Å²) in [5.74, 6) is 1.27. The average molecular weight is 466 g/mol. The van der Waals surface area contributed by atoms with Crippen molar-refractivity contribution in [3.8, 4) is 0 Å². The predicted octanol–water partition coefficient (Wildman–Crippen LogP) is 3.00. The van der Waals surface area contributed by atoms with Gasteiger partial charge in [-0.25, -0.2) is 0 Å². The molecule has 146 valence electrons. The van der Waals surface area contributed by atoms with Gasteiger partial charge in [0.15, 0.2) is 5.96 Å². The smallest absolute Gasteiger partial charge is 0.191 e. The van der Waals surface area contributed by atoms with Crippen LogP contribution in [0, 0.1) is 0 Å². The van der Waals surface area contributed by atoms with Crippen LogP contribution in [0.1, 0.15) is 52.9 Å². The third-order valence-corrected chi connectivity index (χ3v) is 3.85. The number of nitrogens with zero attached hydrogens (tertiary/aromatic N) is 2. The molecule has 0 aliphatic rings. The first-order valence-corrected chi connectivity index (χ1v) is 8.95. The molecule has 0 bridgehead atoms. The van der Waals surface area contributed by atoms with Crippen LogP contribution in [0.25, 0.3) is 0 Å². The maximum atomic E-state index is 10.0. The number of aliphatic hydroxyl groups is 1. The van der Waals surface area contributed by atoms with Crippen LogP contribution in [0.3, 0.4) is 0 Å². The number of aliphatic hydroxyl groups excluding tert-OH is 1. The lowest BCUT2D eigenvalue weighted by Crippen LogP contribution is -2.41. The predicted molar refractivity (Wildman–Crippen MR) is 115 cm³/mol. The maximum Gasteiger partial charge on any atom is 0.191 e. The van der Waals surface area contributed by atoms with Crippen molar-refractivity contribution in [2.24, 2.45) is 4.99 Å². The molecule has 0 amide bonds. The molecular weight excluding hydrogens is 431 g/mol. The molecule has 1 atom stereocenters. The van der Waals surface area contributed by atoms with E-state index in [2.05, 4.69) is 48.2 Å². The summed E-state index contributed by atoms with van der Waals surface area (Å²) in [5.41, 5.74) is 0. The van der Waals surface area contributed by atoms with Gasteiger partial charge in [0.1, 0.15) is 11.9 Å². The second-order valence-electron chi connectivity index (χ2n) is 6.46. The third-order valence-electron chi connectivity index (χ3n) is 3.85. The molecule has 1 rings (SSSR count). The molecule has 1 heterocycles. The lowest BCUT2D eigenvalue weighted by Gasteiger charge is -2.30. The van der Waals surface area contributed by atoms with Gasteiger partial charge in [0, 0.05) is 31.7 Å². The highest BCUT2D eigenvalue weighted by Gasteiger charge is 2.13. The summed E-state index contributed by atoms with van der Waals surface area (Å²) in [5, 5.41) is 16.6. The quantitative estimate of drug-likeness (QED) is 0.214. The number of nitrogens with one attached hydrogen (secondary N) is 2. The highest BCUT2D eigenvalue weighted by Crippen LogP contribution is 2.12. The number of guanidine groups is 1. The van der Waals surface area contributed by atoms with Gasteiger partial charge in [-0.1, -0.05) is 0 Å². The number of halogens is 1. The second-order valence-corrected chi connectivity index (χ2v) is 6.46. The third kappa shape index (κ3) is 9.46. The van der Waals surface area contributed by atoms with Crippen LogP contribution >= 0.6 is 24.0 Å². The van der Waals surface area contributed by atoms with E-state index in [-0.39, 0.29) is 30.5 Å². The van der Waals surface area contributed by atoms with Crippen LogP contribution in [-0.4, -0.2) is 54.2 Å². The highest BCUT2D eigenvalue weighted by molar-refractivity contribution is 14.0. The van der Waals surface area contributed by atoms with E-state index in [4.69, 9.17) is 4.42 Å². The first-order chi connectivity index (χ1) is 11.5. The van der Waals surface area contributed by atoms with Gasteiger partial charge in [-0.05, 0) is 53.2 Å². The average Bonchev–Trinajstić information content (AvgIpc) is 3.05. The largest absolute Gasteiger partial charge is 0.467 e. The summed E-state index contributed by atoms with van der Waals surface area (Å²) in [7, 11) is 0. The van der Waals surface area contributed by atoms with Crippen molar-refractivity contribution in [3.63, 3.8) is 0 Å². The second kappa shape index (κ2) is 13.4. The Morgan fingerprint density at radius 3 is 2.44 bits per heavy atom. The van der Waals surface area contributed by atoms with Gasteiger partial charge in [0.2, 0.25) is 0 Å². The number of aliphatic imine (C=N–C) groups is 1. The minimum atomic E-state index is -0.715. The van der Waals surface area contributed by atoms with Crippen molar-refractivity contribution in [2.45, 2.75) is 59.2 Å². The van der Waals surface area contributed by atoms with Gasteiger partial charge >= 0.3 is 0 Å². The molecule has 1 unspecified atom stereocenters. The SMILES string of the molecule is CCNC(=NCC(O)c1ccco1)NCCCN(C(C)C)C(C)C.I. The molecule has 7 heteroatoms. The molecule has 0 saturated heterocycles. The van der Waals surface area contributed by atoms with Crippen LogP contribution in [0.2, 0.25) is 0 Å². The van der Waals surface area contributed by atoms with Crippen LogP contribution in [0.4, 0.5) is 0 Å². The topological polar surface area (TPSA) is 73.0 Å². The Bertz CT molecular complexity index is 456. The summed E-state index contributed by atoms with van der Waals surface area (Å²) < 4.78 is 5.19. The number of hydrogen-bond donors (Lipinski definition) is 3. The molecule has 0 aliphatic heterocycles. The van der Waals surface area contributed by atoms with E-state index >= 15 is 0 Å². The van der Waals surface area contributed by atoms with Crippen LogP contribution in [-0.2, 0) is 0 Å². The van der Waals surface area contributed by atoms with Gasteiger partial charge in [0.05, 0.1) is 12.8 Å². The molecule has 0 radical (unpaired) electrons. The Kier molecular flexibility index (Phi) is 13.0. The number of rotatable bonds is 10. The molecular formula is C18H35IN4O2. The summed E-state index contributed by atoms with van der Waals surface area (Å²) in [6, 6.07) is 4.62. The van der Waals surface area contributed by atoms with Crippen LogP contribution in [0.5, 0.6) is 0 Å². The van der Waals surface area contributed by atoms with E-state index in [9.17, 15) is 5.11 Å². The molecule has 0 aliphatic carbocycles. The van der Waals surface area contributed by atoms with Gasteiger partial charge in [-0.15, -0.1) is 24.0 Å². The minimum absolute atomic E-state index is 0. The highest BCUT2D eigenvalue weighted by atomic mass is 127. The number of furan rings is 1. The Hall–Kier alpha value is -0.800. The lowest BCUT2D eigenvalue weighted by molar-refractivity contribution is 0.158. The monoisotopic (exact) mass is 466 g/mol. The molecule has 1 aromatic rings. The standard InChI is InChI=1S/C18H34N4O2.HI/c1-6-19-18(21-13-16(23)17-9-7-12-24-17)20-10-8-11-22(14(2)3)15(4)5;/h7,9,12,14-16,23H,6,8,10-11,13H2,1-5H3,(H2,19,20,21);1H. The molecule has 3 N–H and O–H groups in total. The molecule has 0 aromatic carbocycles. The van der Waals surface area contributed by atoms with Crippen molar-refractivity contribution >= 4 is 29.9 Å². The van der Waals surface area contributed by atoms with Crippen molar-refractivity contribution < 1.29 is 9.52 Å². The van der Waals surface area contributed by atoms with E-state index in [0.717, 1.165) is 32.0 Å². The van der Waals surface area contributed by atoms with Gasteiger partial charge < -0.3 is 20.2 Å². The normalized spacial score (nSPS) is 13.2. The first kappa shape index (κ1) is 24.2. The van der Waals surface area contributed by atoms with E-state index in [1.165, 1.54) is 0 Å². The Morgan fingerprint density at radius 1 is 1.24 bits per heavy atom. The zero-order valence-corrected chi connectivity index (χ0v) is 18.5. The van der Waals surface area contributed by atoms with E-state index in [1.54, 1.807) is 18.4 Å². The summed E-state index contributed by atoms with van der Waals surface area (Å²) >= 11 is 0. The van der Waals surface area contributed by atoms with E-state index < -0.39 is 6.10 Å². The molecule has 0 spiro atoms. The zero-order valence-electron chi connectivity index (χ0n) is 16.2. The Balaban J connectivity index is 0.00000576. The van der Waals surface area contributed by atoms with E-state index in [0.29, 0.717) is 17.8 Å². The van der Waals surface area contributed by atoms with Crippen molar-refractivity contribution in [3.05, 3.63) is 24.2 Å². The molecule has 0 saturated carbocycles. The summed E-state index contributed by atoms with van der Waals surface area (Å²) in [6.45, 7) is 13.9. The van der Waals surface area contributed by atoms with Gasteiger partial charge in [0.25, 0.3) is 0 Å². The fourth-order valence-corrected chi connectivity index (χ4v) is 2.67. The van der Waals surface area contributed by atoms with Crippen LogP contribution < -0.4 is 10.6 Å². The van der Waals surface area contributed by atoms with E-state index in [1.807, 2.05) is 6.92 Å². The first-order valence-electron chi connectivity index (χ1n) is 8.95. The van der Waals surface area contributed by atoms with Crippen molar-refractivity contribution in [2.75, 3.05) is 26.2 Å². The summed E-state index contributed by atoms with van der Waals surface area (Å²) in [6.07, 6.45) is 1.88. The molecule has 25 heavy (non-hydrogen) atoms. The molecule has 0 fully saturated rings. The van der Waals surface area contributed by atoms with Crippen LogP contribution in [0.15, 0.2) is 27.8 Å².